The second kappa shape index (κ2) is 6.56. The molecule has 4 heteroatoms. The molecule has 0 amide bonds. The van der Waals surface area contributed by atoms with Crippen LogP contribution in [-0.2, 0) is 5.54 Å². The number of benzene rings is 2. The zero-order valence-electron chi connectivity index (χ0n) is 15.2. The Morgan fingerprint density at radius 3 is 2.12 bits per heavy atom. The molecule has 1 aliphatic carbocycles. The Balaban J connectivity index is 1.69. The summed E-state index contributed by atoms with van der Waals surface area (Å²) in [4.78, 5) is 0. The van der Waals surface area contributed by atoms with Gasteiger partial charge >= 0.3 is 0 Å². The lowest BCUT2D eigenvalue weighted by Crippen LogP contribution is -2.32. The van der Waals surface area contributed by atoms with Gasteiger partial charge < -0.3 is 10.5 Å². The number of halogens is 2. The molecule has 0 atom stereocenters. The van der Waals surface area contributed by atoms with E-state index in [1.54, 1.807) is 0 Å². The van der Waals surface area contributed by atoms with Crippen LogP contribution in [0, 0.1) is 5.92 Å². The van der Waals surface area contributed by atoms with E-state index < -0.39 is 11.8 Å². The van der Waals surface area contributed by atoms with E-state index in [0.717, 1.165) is 29.0 Å². The zero-order chi connectivity index (χ0) is 18.2. The van der Waals surface area contributed by atoms with Gasteiger partial charge in [0, 0.05) is 11.5 Å². The van der Waals surface area contributed by atoms with E-state index in [1.807, 2.05) is 38.1 Å². The molecule has 0 heterocycles. The van der Waals surface area contributed by atoms with E-state index in [-0.39, 0.29) is 11.6 Å². The topological polar surface area (TPSA) is 35.2 Å². The summed E-state index contributed by atoms with van der Waals surface area (Å²) in [6, 6.07) is 12.2. The van der Waals surface area contributed by atoms with Crippen LogP contribution >= 0.6 is 0 Å². The van der Waals surface area contributed by atoms with Crippen molar-refractivity contribution in [3.63, 3.8) is 0 Å². The van der Waals surface area contributed by atoms with Gasteiger partial charge in [-0.05, 0) is 81.0 Å². The van der Waals surface area contributed by atoms with Crippen molar-refractivity contribution in [2.75, 3.05) is 0 Å². The molecule has 0 unspecified atom stereocenters. The van der Waals surface area contributed by atoms with E-state index >= 15 is 0 Å². The highest BCUT2D eigenvalue weighted by Crippen LogP contribution is 2.37. The second-order valence-electron chi connectivity index (χ2n) is 7.99. The maximum Gasteiger partial charge on any atom is 0.248 e. The zero-order valence-corrected chi connectivity index (χ0v) is 15.2. The van der Waals surface area contributed by atoms with Crippen molar-refractivity contribution in [1.82, 2.24) is 0 Å². The molecule has 2 aromatic rings. The van der Waals surface area contributed by atoms with Crippen molar-refractivity contribution >= 4 is 10.8 Å². The molecule has 0 radical (unpaired) electrons. The molecule has 0 bridgehead atoms. The molecule has 2 nitrogen and oxygen atoms in total. The molecule has 1 saturated carbocycles. The first-order valence-corrected chi connectivity index (χ1v) is 9.00. The molecule has 1 fully saturated rings. The van der Waals surface area contributed by atoms with Gasteiger partial charge in [0.25, 0.3) is 0 Å². The summed E-state index contributed by atoms with van der Waals surface area (Å²) in [6.07, 6.45) is 2.45. The summed E-state index contributed by atoms with van der Waals surface area (Å²) in [5, 5.41) is 2.22. The Hall–Kier alpha value is -1.68. The van der Waals surface area contributed by atoms with Crippen molar-refractivity contribution in [3.05, 3.63) is 42.0 Å². The first-order valence-electron chi connectivity index (χ1n) is 9.00. The Labute approximate surface area is 148 Å². The van der Waals surface area contributed by atoms with Crippen LogP contribution in [0.1, 0.15) is 52.0 Å². The average Bonchev–Trinajstić information content (AvgIpc) is 2.53. The van der Waals surface area contributed by atoms with Crippen LogP contribution < -0.4 is 10.5 Å². The summed E-state index contributed by atoms with van der Waals surface area (Å²) in [7, 11) is 0. The number of hydrogen-bond acceptors (Lipinski definition) is 2. The van der Waals surface area contributed by atoms with E-state index in [4.69, 9.17) is 10.5 Å². The van der Waals surface area contributed by atoms with Gasteiger partial charge in [-0.3, -0.25) is 0 Å². The van der Waals surface area contributed by atoms with E-state index in [2.05, 4.69) is 12.1 Å². The molecule has 0 spiro atoms. The number of alkyl halides is 2. The van der Waals surface area contributed by atoms with Gasteiger partial charge in [0.15, 0.2) is 0 Å². The van der Waals surface area contributed by atoms with E-state index in [9.17, 15) is 8.78 Å². The predicted molar refractivity (Wildman–Crippen MR) is 98.2 cm³/mol. The highest BCUT2D eigenvalue weighted by atomic mass is 19.3. The fraction of sp³-hybridized carbons (Fsp3) is 0.524. The number of ether oxygens (including phenoxy) is 1. The highest BCUT2D eigenvalue weighted by Gasteiger charge is 2.37. The van der Waals surface area contributed by atoms with Crippen LogP contribution in [0.15, 0.2) is 36.4 Å². The molecule has 25 heavy (non-hydrogen) atoms. The summed E-state index contributed by atoms with van der Waals surface area (Å²) in [6.45, 7) is 5.00. The molecule has 1 aliphatic rings. The first-order chi connectivity index (χ1) is 11.6. The van der Waals surface area contributed by atoms with Gasteiger partial charge in [-0.25, -0.2) is 8.78 Å². The third-order valence-electron chi connectivity index (χ3n) is 5.25. The lowest BCUT2D eigenvalue weighted by atomic mass is 9.84. The minimum absolute atomic E-state index is 0.0262. The van der Waals surface area contributed by atoms with Gasteiger partial charge in [0.2, 0.25) is 5.92 Å². The molecule has 0 saturated heterocycles. The van der Waals surface area contributed by atoms with Crippen molar-refractivity contribution < 1.29 is 13.5 Å². The Bertz CT molecular complexity index is 738. The monoisotopic (exact) mass is 347 g/mol. The molecule has 0 aromatic heterocycles. The summed E-state index contributed by atoms with van der Waals surface area (Å²) in [5.41, 5.74) is 6.88. The van der Waals surface area contributed by atoms with Gasteiger partial charge in [0.05, 0.1) is 6.10 Å². The Morgan fingerprint density at radius 2 is 1.52 bits per heavy atom. The third kappa shape index (κ3) is 4.30. The van der Waals surface area contributed by atoms with Crippen molar-refractivity contribution in [1.29, 1.82) is 0 Å². The van der Waals surface area contributed by atoms with Gasteiger partial charge in [0.1, 0.15) is 5.75 Å². The first kappa shape index (κ1) is 18.1. The Kier molecular flexibility index (Phi) is 4.76. The van der Waals surface area contributed by atoms with Crippen molar-refractivity contribution in [2.24, 2.45) is 11.7 Å². The van der Waals surface area contributed by atoms with Gasteiger partial charge in [-0.1, -0.05) is 18.2 Å². The summed E-state index contributed by atoms with van der Waals surface area (Å²) >= 11 is 0. The van der Waals surface area contributed by atoms with Crippen LogP contribution in [0.3, 0.4) is 0 Å². The van der Waals surface area contributed by atoms with Crippen LogP contribution in [0.25, 0.3) is 10.8 Å². The lowest BCUT2D eigenvalue weighted by molar-refractivity contribution is -0.0630. The molecule has 136 valence electrons. The fourth-order valence-corrected chi connectivity index (χ4v) is 3.58. The maximum atomic E-state index is 13.4. The second-order valence-corrected chi connectivity index (χ2v) is 7.99. The van der Waals surface area contributed by atoms with Crippen molar-refractivity contribution in [3.8, 4) is 5.75 Å². The summed E-state index contributed by atoms with van der Waals surface area (Å²) in [5.74, 6) is -2.29. The van der Waals surface area contributed by atoms with Crippen molar-refractivity contribution in [2.45, 2.75) is 64.0 Å². The fourth-order valence-electron chi connectivity index (χ4n) is 3.58. The largest absolute Gasteiger partial charge is 0.490 e. The molecular formula is C21H27F2NO. The van der Waals surface area contributed by atoms with Crippen LogP contribution in [0.5, 0.6) is 5.75 Å². The number of nitrogens with two attached hydrogens (primary N) is 1. The minimum atomic E-state index is -2.58. The standard InChI is InChI=1S/C21H27F2NO/c1-20(2,24)17-6-4-15-13-19(9-5-14(15)12-17)25-18-10-7-16(8-11-18)21(3,22)23/h4-6,9,12-13,16,18H,7-8,10-11,24H2,1-3H3/t16-,18+. The molecule has 3 rings (SSSR count). The maximum absolute atomic E-state index is 13.4. The van der Waals surface area contributed by atoms with Crippen LogP contribution in [0.2, 0.25) is 0 Å². The smallest absolute Gasteiger partial charge is 0.248 e. The average molecular weight is 347 g/mol. The van der Waals surface area contributed by atoms with Crippen LogP contribution in [-0.4, -0.2) is 12.0 Å². The predicted octanol–water partition coefficient (Wildman–Crippen LogP) is 5.63. The number of rotatable bonds is 4. The Morgan fingerprint density at radius 1 is 0.920 bits per heavy atom. The quantitative estimate of drug-likeness (QED) is 0.778. The lowest BCUT2D eigenvalue weighted by Gasteiger charge is -2.32. The molecular weight excluding hydrogens is 320 g/mol. The molecule has 2 N–H and O–H groups in total. The van der Waals surface area contributed by atoms with Crippen LogP contribution in [0.4, 0.5) is 8.78 Å². The third-order valence-corrected chi connectivity index (χ3v) is 5.25. The number of fused-ring (bicyclic) bond motifs is 1. The SMILES string of the molecule is CC(C)(N)c1ccc2cc(O[C@H]3CC[C@@H](C(C)(F)F)CC3)ccc2c1. The highest BCUT2D eigenvalue weighted by molar-refractivity contribution is 5.84. The normalized spacial score (nSPS) is 22.2. The molecule has 0 aliphatic heterocycles. The summed E-state index contributed by atoms with van der Waals surface area (Å²) < 4.78 is 32.9. The van der Waals surface area contributed by atoms with E-state index in [1.165, 1.54) is 0 Å². The minimum Gasteiger partial charge on any atom is -0.490 e. The number of hydrogen-bond donors (Lipinski definition) is 1. The van der Waals surface area contributed by atoms with Gasteiger partial charge in [-0.2, -0.15) is 0 Å². The van der Waals surface area contributed by atoms with E-state index in [0.29, 0.717) is 25.7 Å². The molecule has 2 aromatic carbocycles. The van der Waals surface area contributed by atoms with Gasteiger partial charge in [-0.15, -0.1) is 0 Å².